The number of aryl methyl sites for hydroxylation is 2. The zero-order valence-electron chi connectivity index (χ0n) is 18.4. The van der Waals surface area contributed by atoms with Gasteiger partial charge in [-0.2, -0.15) is 5.10 Å². The summed E-state index contributed by atoms with van der Waals surface area (Å²) in [5.41, 5.74) is 6.06. The fourth-order valence-electron chi connectivity index (χ4n) is 4.85. The molecule has 2 aromatic heterocycles. The lowest BCUT2D eigenvalue weighted by molar-refractivity contribution is 0.186. The minimum absolute atomic E-state index is 0.0119. The van der Waals surface area contributed by atoms with Crippen LogP contribution in [0.1, 0.15) is 23.4 Å². The molecule has 0 radical (unpaired) electrons. The van der Waals surface area contributed by atoms with Crippen molar-refractivity contribution in [3.63, 3.8) is 0 Å². The fourth-order valence-corrected chi connectivity index (χ4v) is 4.85. The molecule has 31 heavy (non-hydrogen) atoms. The lowest BCUT2D eigenvalue weighted by Gasteiger charge is -2.36. The summed E-state index contributed by atoms with van der Waals surface area (Å²) in [4.78, 5) is 22.1. The molecule has 1 aliphatic heterocycles. The van der Waals surface area contributed by atoms with Crippen LogP contribution in [0.5, 0.6) is 0 Å². The van der Waals surface area contributed by atoms with Gasteiger partial charge in [0, 0.05) is 52.6 Å². The number of methoxy groups -OCH3 is 1. The maximum Gasteiger partial charge on any atom is 0.261 e. The van der Waals surface area contributed by atoms with Crippen molar-refractivity contribution in [3.05, 3.63) is 51.8 Å². The van der Waals surface area contributed by atoms with Crippen LogP contribution in [0, 0.1) is 0 Å². The number of piperazine rings is 1. The van der Waals surface area contributed by atoms with E-state index in [2.05, 4.69) is 32.6 Å². The highest BCUT2D eigenvalue weighted by Crippen LogP contribution is 2.26. The van der Waals surface area contributed by atoms with Gasteiger partial charge in [-0.3, -0.25) is 18.9 Å². The maximum atomic E-state index is 12.7. The number of benzene rings is 1. The quantitative estimate of drug-likeness (QED) is 0.601. The molecule has 0 atom stereocenters. The second kappa shape index (κ2) is 8.43. The van der Waals surface area contributed by atoms with Gasteiger partial charge in [0.1, 0.15) is 0 Å². The third kappa shape index (κ3) is 3.85. The molecule has 1 fully saturated rings. The van der Waals surface area contributed by atoms with E-state index in [1.807, 2.05) is 12.1 Å². The van der Waals surface area contributed by atoms with Crippen LogP contribution in [0.15, 0.2) is 29.3 Å². The van der Waals surface area contributed by atoms with Gasteiger partial charge in [0.15, 0.2) is 0 Å². The molecular formula is C23H30N6O2. The first-order valence-electron chi connectivity index (χ1n) is 11.1. The van der Waals surface area contributed by atoms with E-state index in [-0.39, 0.29) is 5.56 Å². The molecule has 8 heteroatoms. The van der Waals surface area contributed by atoms with E-state index >= 15 is 0 Å². The van der Waals surface area contributed by atoms with Gasteiger partial charge < -0.3 is 9.64 Å². The number of hydrogen-bond acceptors (Lipinski definition) is 6. The van der Waals surface area contributed by atoms with Crippen LogP contribution < -0.4 is 10.5 Å². The molecule has 3 heterocycles. The van der Waals surface area contributed by atoms with E-state index in [1.54, 1.807) is 18.0 Å². The van der Waals surface area contributed by atoms with Gasteiger partial charge in [0.2, 0.25) is 0 Å². The molecule has 164 valence electrons. The number of fused-ring (bicyclic) bond motifs is 2. The first-order chi connectivity index (χ1) is 15.1. The molecule has 0 amide bonds. The number of rotatable bonds is 6. The molecule has 5 rings (SSSR count). The van der Waals surface area contributed by atoms with Crippen LogP contribution in [-0.2, 0) is 37.7 Å². The standard InChI is InChI=1S/C23H30N6O2/c1-26-22(18-4-3-5-20(18)25-26)15-27-8-10-28(11-9-27)17-6-7-19-21(14-17)24-16-29(23(19)30)12-13-31-2/h6-7,14,16H,3-5,8-13,15H2,1-2H3. The van der Waals surface area contributed by atoms with Crippen molar-refractivity contribution >= 4 is 16.6 Å². The summed E-state index contributed by atoms with van der Waals surface area (Å²) in [7, 11) is 3.71. The molecule has 8 nitrogen and oxygen atoms in total. The average molecular weight is 423 g/mol. The number of hydrogen-bond donors (Lipinski definition) is 0. The molecule has 2 aliphatic rings. The van der Waals surface area contributed by atoms with Gasteiger partial charge in [0.05, 0.1) is 41.8 Å². The smallest absolute Gasteiger partial charge is 0.261 e. The summed E-state index contributed by atoms with van der Waals surface area (Å²) < 4.78 is 8.78. The van der Waals surface area contributed by atoms with E-state index < -0.39 is 0 Å². The lowest BCUT2D eigenvalue weighted by atomic mass is 10.1. The minimum atomic E-state index is -0.0119. The zero-order valence-corrected chi connectivity index (χ0v) is 18.4. The Hall–Kier alpha value is -2.71. The second-order valence-corrected chi connectivity index (χ2v) is 8.55. The molecule has 0 N–H and O–H groups in total. The predicted molar refractivity (Wildman–Crippen MR) is 121 cm³/mol. The van der Waals surface area contributed by atoms with E-state index in [9.17, 15) is 4.79 Å². The number of nitrogens with zero attached hydrogens (tertiary/aromatic N) is 6. The summed E-state index contributed by atoms with van der Waals surface area (Å²) in [5, 5.41) is 5.37. The molecule has 0 spiro atoms. The Morgan fingerprint density at radius 2 is 1.97 bits per heavy atom. The van der Waals surface area contributed by atoms with Crippen LogP contribution in [0.25, 0.3) is 10.9 Å². The van der Waals surface area contributed by atoms with Gasteiger partial charge in [-0.05, 0) is 43.0 Å². The molecule has 0 saturated carbocycles. The van der Waals surface area contributed by atoms with E-state index in [0.717, 1.165) is 50.3 Å². The highest BCUT2D eigenvalue weighted by atomic mass is 16.5. The minimum Gasteiger partial charge on any atom is -0.383 e. The molecule has 0 bridgehead atoms. The number of ether oxygens (including phenoxy) is 1. The van der Waals surface area contributed by atoms with Crippen molar-refractivity contribution in [2.24, 2.45) is 7.05 Å². The highest BCUT2D eigenvalue weighted by molar-refractivity contribution is 5.81. The molecule has 0 unspecified atom stereocenters. The Bertz CT molecular complexity index is 1140. The Balaban J connectivity index is 1.26. The summed E-state index contributed by atoms with van der Waals surface area (Å²) >= 11 is 0. The molecule has 3 aromatic rings. The fraction of sp³-hybridized carbons (Fsp3) is 0.522. The molecule has 1 aromatic carbocycles. The van der Waals surface area contributed by atoms with E-state index in [0.29, 0.717) is 18.5 Å². The Kier molecular flexibility index (Phi) is 5.50. The van der Waals surface area contributed by atoms with Crippen LogP contribution >= 0.6 is 0 Å². The first kappa shape index (κ1) is 20.2. The van der Waals surface area contributed by atoms with Crippen LogP contribution in [0.2, 0.25) is 0 Å². The molecular weight excluding hydrogens is 392 g/mol. The van der Waals surface area contributed by atoms with Crippen molar-refractivity contribution in [3.8, 4) is 0 Å². The maximum absolute atomic E-state index is 12.7. The Morgan fingerprint density at radius 1 is 1.13 bits per heavy atom. The SMILES string of the molecule is COCCn1cnc2cc(N3CCN(Cc4c5c(nn4C)CCC5)CC3)ccc2c1=O. The topological polar surface area (TPSA) is 68.4 Å². The van der Waals surface area contributed by atoms with Crippen molar-refractivity contribution in [2.75, 3.05) is 44.8 Å². The van der Waals surface area contributed by atoms with Crippen molar-refractivity contribution < 1.29 is 4.74 Å². The van der Waals surface area contributed by atoms with Crippen LogP contribution in [-0.4, -0.2) is 64.1 Å². The van der Waals surface area contributed by atoms with Gasteiger partial charge in [0.25, 0.3) is 5.56 Å². The van der Waals surface area contributed by atoms with Crippen molar-refractivity contribution in [1.29, 1.82) is 0 Å². The summed E-state index contributed by atoms with van der Waals surface area (Å²) in [6.45, 7) is 5.97. The molecule has 1 saturated heterocycles. The first-order valence-corrected chi connectivity index (χ1v) is 11.1. The summed E-state index contributed by atoms with van der Waals surface area (Å²) in [6, 6.07) is 6.01. The molecule has 1 aliphatic carbocycles. The summed E-state index contributed by atoms with van der Waals surface area (Å²) in [6.07, 6.45) is 5.17. The predicted octanol–water partition coefficient (Wildman–Crippen LogP) is 1.59. The monoisotopic (exact) mass is 422 g/mol. The van der Waals surface area contributed by atoms with E-state index in [1.165, 1.54) is 29.8 Å². The van der Waals surface area contributed by atoms with Gasteiger partial charge in [-0.15, -0.1) is 0 Å². The number of aromatic nitrogens is 4. The number of anilines is 1. The van der Waals surface area contributed by atoms with Crippen molar-refractivity contribution in [2.45, 2.75) is 32.4 Å². The van der Waals surface area contributed by atoms with Crippen LogP contribution in [0.4, 0.5) is 5.69 Å². The largest absolute Gasteiger partial charge is 0.383 e. The second-order valence-electron chi connectivity index (χ2n) is 8.55. The van der Waals surface area contributed by atoms with Crippen LogP contribution in [0.3, 0.4) is 0 Å². The third-order valence-electron chi connectivity index (χ3n) is 6.65. The normalized spacial score (nSPS) is 16.9. The Labute approximate surface area is 182 Å². The van der Waals surface area contributed by atoms with Gasteiger partial charge >= 0.3 is 0 Å². The lowest BCUT2D eigenvalue weighted by Crippen LogP contribution is -2.46. The van der Waals surface area contributed by atoms with E-state index in [4.69, 9.17) is 9.84 Å². The highest BCUT2D eigenvalue weighted by Gasteiger charge is 2.24. The third-order valence-corrected chi connectivity index (χ3v) is 6.65. The average Bonchev–Trinajstić information content (AvgIpc) is 3.35. The Morgan fingerprint density at radius 3 is 2.77 bits per heavy atom. The summed E-state index contributed by atoms with van der Waals surface area (Å²) in [5.74, 6) is 0. The van der Waals surface area contributed by atoms with Crippen molar-refractivity contribution in [1.82, 2.24) is 24.2 Å². The van der Waals surface area contributed by atoms with Gasteiger partial charge in [-0.1, -0.05) is 0 Å². The zero-order chi connectivity index (χ0) is 21.4. The van der Waals surface area contributed by atoms with Gasteiger partial charge in [-0.25, -0.2) is 4.98 Å².